The van der Waals surface area contributed by atoms with Crippen molar-refractivity contribution in [1.29, 1.82) is 0 Å². The van der Waals surface area contributed by atoms with Crippen molar-refractivity contribution < 1.29 is 4.79 Å². The number of primary amides is 1. The summed E-state index contributed by atoms with van der Waals surface area (Å²) < 4.78 is 0. The number of amides is 1. The summed E-state index contributed by atoms with van der Waals surface area (Å²) >= 11 is 1.58. The highest BCUT2D eigenvalue weighted by molar-refractivity contribution is 7.16. The minimum Gasteiger partial charge on any atom is -0.369 e. The van der Waals surface area contributed by atoms with Gasteiger partial charge in [-0.3, -0.25) is 9.89 Å². The van der Waals surface area contributed by atoms with E-state index in [9.17, 15) is 4.79 Å². The predicted molar refractivity (Wildman–Crippen MR) is 98.2 cm³/mol. The third-order valence-electron chi connectivity index (χ3n) is 4.45. The Balaban J connectivity index is 1.63. The van der Waals surface area contributed by atoms with Crippen molar-refractivity contribution in [3.63, 3.8) is 0 Å². The van der Waals surface area contributed by atoms with Crippen molar-refractivity contribution in [2.45, 2.75) is 19.8 Å². The quantitative estimate of drug-likeness (QED) is 0.659. The van der Waals surface area contributed by atoms with Crippen LogP contribution < -0.4 is 16.0 Å². The fraction of sp³-hybridized carbons (Fsp3) is 0.375. The molecule has 0 aliphatic carbocycles. The summed E-state index contributed by atoms with van der Waals surface area (Å²) in [7, 11) is 0. The molecule has 1 fully saturated rings. The summed E-state index contributed by atoms with van der Waals surface area (Å²) in [5.74, 6) is 1.87. The van der Waals surface area contributed by atoms with Crippen molar-refractivity contribution in [3.8, 4) is 0 Å². The number of nitrogens with zero attached hydrogens (tertiary/aromatic N) is 4. The summed E-state index contributed by atoms with van der Waals surface area (Å²) in [6.45, 7) is 3.41. The molecule has 9 heteroatoms. The molecule has 0 spiro atoms. The zero-order valence-electron chi connectivity index (χ0n) is 13.8. The average Bonchev–Trinajstić information content (AvgIpc) is 3.23. The number of nitrogens with two attached hydrogens (primary N) is 1. The standard InChI is InChI=1S/C16H19N7OS/c1-9-8-12(22-21-9)18-14-11-4-7-25-15(11)20-16(19-14)23-5-2-10(3-6-23)13(17)24/h4,7-8,10H,2-3,5-6H2,1H3,(H2,17,24)(H2,18,19,20,21,22). The molecule has 1 saturated heterocycles. The molecule has 3 aromatic heterocycles. The van der Waals surface area contributed by atoms with Crippen molar-refractivity contribution in [3.05, 3.63) is 23.2 Å². The number of aryl methyl sites for hydroxylation is 1. The molecular formula is C16H19N7OS. The van der Waals surface area contributed by atoms with Crippen molar-refractivity contribution in [2.24, 2.45) is 11.7 Å². The number of carbonyl (C=O) groups excluding carboxylic acids is 1. The topological polar surface area (TPSA) is 113 Å². The molecule has 1 aliphatic heterocycles. The molecular weight excluding hydrogens is 338 g/mol. The van der Waals surface area contributed by atoms with Crippen molar-refractivity contribution >= 4 is 45.0 Å². The number of H-pyrrole nitrogens is 1. The van der Waals surface area contributed by atoms with Gasteiger partial charge in [0.25, 0.3) is 0 Å². The number of carbonyl (C=O) groups is 1. The van der Waals surface area contributed by atoms with E-state index in [0.717, 1.165) is 53.5 Å². The summed E-state index contributed by atoms with van der Waals surface area (Å²) in [5.41, 5.74) is 6.40. The molecule has 4 heterocycles. The fourth-order valence-electron chi connectivity index (χ4n) is 3.05. The Morgan fingerprint density at radius 1 is 1.40 bits per heavy atom. The fourth-order valence-corrected chi connectivity index (χ4v) is 3.81. The van der Waals surface area contributed by atoms with Gasteiger partial charge in [-0.25, -0.2) is 4.98 Å². The maximum Gasteiger partial charge on any atom is 0.228 e. The van der Waals surface area contributed by atoms with Gasteiger partial charge in [0, 0.05) is 30.8 Å². The summed E-state index contributed by atoms with van der Waals surface area (Å²) in [4.78, 5) is 23.8. The number of hydrogen-bond donors (Lipinski definition) is 3. The SMILES string of the molecule is Cc1cc(Nc2nc(N3CCC(C(N)=O)CC3)nc3sccc23)n[nH]1. The third-order valence-corrected chi connectivity index (χ3v) is 5.25. The number of piperidine rings is 1. The number of aromatic amines is 1. The lowest BCUT2D eigenvalue weighted by molar-refractivity contribution is -0.122. The second-order valence-electron chi connectivity index (χ2n) is 6.24. The van der Waals surface area contributed by atoms with Gasteiger partial charge >= 0.3 is 0 Å². The highest BCUT2D eigenvalue weighted by atomic mass is 32.1. The van der Waals surface area contributed by atoms with E-state index in [-0.39, 0.29) is 11.8 Å². The van der Waals surface area contributed by atoms with Crippen LogP contribution >= 0.6 is 11.3 Å². The highest BCUT2D eigenvalue weighted by Gasteiger charge is 2.25. The number of nitrogens with one attached hydrogen (secondary N) is 2. The van der Waals surface area contributed by atoms with Gasteiger partial charge in [-0.2, -0.15) is 10.1 Å². The van der Waals surface area contributed by atoms with Crippen LogP contribution in [-0.2, 0) is 4.79 Å². The maximum atomic E-state index is 11.4. The van der Waals surface area contributed by atoms with Gasteiger partial charge in [-0.15, -0.1) is 11.3 Å². The first-order valence-electron chi connectivity index (χ1n) is 8.18. The second-order valence-corrected chi connectivity index (χ2v) is 7.13. The van der Waals surface area contributed by atoms with Gasteiger partial charge in [-0.05, 0) is 31.2 Å². The monoisotopic (exact) mass is 357 g/mol. The van der Waals surface area contributed by atoms with Gasteiger partial charge < -0.3 is 16.0 Å². The molecule has 130 valence electrons. The number of aromatic nitrogens is 4. The molecule has 0 bridgehead atoms. The number of hydrogen-bond acceptors (Lipinski definition) is 7. The maximum absolute atomic E-state index is 11.4. The Labute approximate surface area is 148 Å². The Morgan fingerprint density at radius 2 is 2.20 bits per heavy atom. The van der Waals surface area contributed by atoms with Crippen LogP contribution in [0.1, 0.15) is 18.5 Å². The molecule has 0 aromatic carbocycles. The number of rotatable bonds is 4. The van der Waals surface area contributed by atoms with Gasteiger partial charge in [-0.1, -0.05) is 0 Å². The molecule has 4 N–H and O–H groups in total. The van der Waals surface area contributed by atoms with Crippen molar-refractivity contribution in [2.75, 3.05) is 23.3 Å². The highest BCUT2D eigenvalue weighted by Crippen LogP contribution is 2.30. The van der Waals surface area contributed by atoms with Crippen LogP contribution in [0.2, 0.25) is 0 Å². The Kier molecular flexibility index (Phi) is 4.00. The van der Waals surface area contributed by atoms with E-state index in [1.54, 1.807) is 11.3 Å². The zero-order chi connectivity index (χ0) is 17.4. The second kappa shape index (κ2) is 6.32. The van der Waals surface area contributed by atoms with Crippen LogP contribution in [0, 0.1) is 12.8 Å². The van der Waals surface area contributed by atoms with E-state index in [1.807, 2.05) is 24.4 Å². The first-order valence-corrected chi connectivity index (χ1v) is 9.06. The minimum absolute atomic E-state index is 0.0497. The lowest BCUT2D eigenvalue weighted by Crippen LogP contribution is -2.39. The van der Waals surface area contributed by atoms with Gasteiger partial charge in [0.05, 0.1) is 5.39 Å². The van der Waals surface area contributed by atoms with Gasteiger partial charge in [0.1, 0.15) is 10.6 Å². The molecule has 1 aliphatic rings. The summed E-state index contributed by atoms with van der Waals surface area (Å²) in [6.07, 6.45) is 1.48. The first kappa shape index (κ1) is 15.8. The summed E-state index contributed by atoms with van der Waals surface area (Å²) in [6, 6.07) is 3.93. The molecule has 3 aromatic rings. The minimum atomic E-state index is -0.217. The van der Waals surface area contributed by atoms with E-state index in [4.69, 9.17) is 10.7 Å². The number of fused-ring (bicyclic) bond motifs is 1. The van der Waals surface area contributed by atoms with E-state index >= 15 is 0 Å². The molecule has 25 heavy (non-hydrogen) atoms. The molecule has 0 saturated carbocycles. The number of anilines is 3. The van der Waals surface area contributed by atoms with E-state index in [1.165, 1.54) is 0 Å². The normalized spacial score (nSPS) is 15.6. The van der Waals surface area contributed by atoms with Crippen LogP contribution in [0.15, 0.2) is 17.5 Å². The largest absolute Gasteiger partial charge is 0.369 e. The first-order chi connectivity index (χ1) is 12.1. The molecule has 0 unspecified atom stereocenters. The number of thiophene rings is 1. The van der Waals surface area contributed by atoms with Crippen molar-refractivity contribution in [1.82, 2.24) is 20.2 Å². The zero-order valence-corrected chi connectivity index (χ0v) is 14.6. The van der Waals surface area contributed by atoms with Crippen LogP contribution in [0.4, 0.5) is 17.6 Å². The summed E-state index contributed by atoms with van der Waals surface area (Å²) in [5, 5.41) is 13.4. The van der Waals surface area contributed by atoms with Crippen LogP contribution in [-0.4, -0.2) is 39.2 Å². The molecule has 1 amide bonds. The van der Waals surface area contributed by atoms with Gasteiger partial charge in [0.2, 0.25) is 11.9 Å². The average molecular weight is 357 g/mol. The molecule has 4 rings (SSSR count). The van der Waals surface area contributed by atoms with Gasteiger partial charge in [0.15, 0.2) is 5.82 Å². The molecule has 0 radical (unpaired) electrons. The lowest BCUT2D eigenvalue weighted by atomic mass is 9.96. The van der Waals surface area contributed by atoms with Crippen LogP contribution in [0.5, 0.6) is 0 Å². The van der Waals surface area contributed by atoms with Crippen LogP contribution in [0.3, 0.4) is 0 Å². The van der Waals surface area contributed by atoms with E-state index in [0.29, 0.717) is 5.95 Å². The van der Waals surface area contributed by atoms with Crippen LogP contribution in [0.25, 0.3) is 10.2 Å². The Morgan fingerprint density at radius 3 is 2.88 bits per heavy atom. The van der Waals surface area contributed by atoms with E-state index < -0.39 is 0 Å². The lowest BCUT2D eigenvalue weighted by Gasteiger charge is -2.30. The smallest absolute Gasteiger partial charge is 0.228 e. The Hall–Kier alpha value is -2.68. The van der Waals surface area contributed by atoms with E-state index in [2.05, 4.69) is 25.4 Å². The third kappa shape index (κ3) is 3.14. The predicted octanol–water partition coefficient (Wildman–Crippen LogP) is 2.17. The Bertz CT molecular complexity index is 910. The molecule has 8 nitrogen and oxygen atoms in total. The molecule has 0 atom stereocenters.